The molecule has 0 unspecified atom stereocenters. The first kappa shape index (κ1) is 7.69. The maximum atomic E-state index is 9.26. The Balaban J connectivity index is 2.62. The summed E-state index contributed by atoms with van der Waals surface area (Å²) in [4.78, 5) is 13.4. The van der Waals surface area contributed by atoms with E-state index >= 15 is 0 Å². The molecule has 0 rings (SSSR count). The second-order valence-corrected chi connectivity index (χ2v) is 1.68. The number of unbranched alkanes of at least 4 members (excludes halogenated alkanes) is 1. The average Bonchev–Trinajstić information content (AvgIpc) is 1.81. The van der Waals surface area contributed by atoms with Crippen LogP contribution in [0.4, 0.5) is 0 Å². The summed E-state index contributed by atoms with van der Waals surface area (Å²) in [7, 11) is 0. The Hall–Kier alpha value is -0.310. The van der Waals surface area contributed by atoms with Gasteiger partial charge in [0.1, 0.15) is 6.61 Å². The highest BCUT2D eigenvalue weighted by Crippen LogP contribution is 1.91. The number of alkyl halides is 1. The van der Waals surface area contributed by atoms with Crippen LogP contribution in [0.1, 0.15) is 12.8 Å². The van der Waals surface area contributed by atoms with Crippen LogP contribution in [0.25, 0.3) is 0 Å². The SMILES string of the molecule is O=NOCCCCCl. The summed E-state index contributed by atoms with van der Waals surface area (Å²) in [6.45, 7) is 0.385. The molecule has 4 heteroatoms. The van der Waals surface area contributed by atoms with Crippen molar-refractivity contribution in [2.75, 3.05) is 12.5 Å². The molecule has 0 aliphatic heterocycles. The van der Waals surface area contributed by atoms with Crippen molar-refractivity contribution in [1.29, 1.82) is 0 Å². The zero-order chi connectivity index (χ0) is 6.24. The van der Waals surface area contributed by atoms with Crippen LogP contribution in [0.3, 0.4) is 0 Å². The summed E-state index contributed by atoms with van der Waals surface area (Å²) in [6.07, 6.45) is 1.67. The van der Waals surface area contributed by atoms with E-state index in [2.05, 4.69) is 10.2 Å². The first-order valence-corrected chi connectivity index (χ1v) is 2.96. The van der Waals surface area contributed by atoms with Crippen molar-refractivity contribution in [3.63, 3.8) is 0 Å². The van der Waals surface area contributed by atoms with Gasteiger partial charge in [-0.3, -0.25) is 0 Å². The van der Waals surface area contributed by atoms with Crippen LogP contribution < -0.4 is 0 Å². The third kappa shape index (κ3) is 5.69. The number of hydrogen-bond acceptors (Lipinski definition) is 3. The molecule has 0 saturated heterocycles. The van der Waals surface area contributed by atoms with Crippen LogP contribution in [-0.4, -0.2) is 12.5 Å². The highest BCUT2D eigenvalue weighted by atomic mass is 35.5. The number of rotatable bonds is 5. The molecule has 48 valence electrons. The molecular weight excluding hydrogens is 130 g/mol. The molecule has 0 aliphatic rings. The molecule has 0 amide bonds. The van der Waals surface area contributed by atoms with Gasteiger partial charge in [0.2, 0.25) is 0 Å². The van der Waals surface area contributed by atoms with Crippen molar-refractivity contribution in [3.8, 4) is 0 Å². The topological polar surface area (TPSA) is 38.7 Å². The monoisotopic (exact) mass is 137 g/mol. The van der Waals surface area contributed by atoms with Gasteiger partial charge < -0.3 is 4.84 Å². The molecular formula is C4H8ClNO2. The van der Waals surface area contributed by atoms with Crippen LogP contribution in [0.2, 0.25) is 0 Å². The molecule has 0 bridgehead atoms. The molecule has 0 heterocycles. The Morgan fingerprint density at radius 3 is 2.75 bits per heavy atom. The number of nitrogens with zero attached hydrogens (tertiary/aromatic N) is 1. The molecule has 0 aromatic rings. The van der Waals surface area contributed by atoms with E-state index in [1.54, 1.807) is 0 Å². The Labute approximate surface area is 52.9 Å². The molecule has 0 atom stereocenters. The van der Waals surface area contributed by atoms with Crippen LogP contribution in [0.15, 0.2) is 5.34 Å². The Kier molecular flexibility index (Phi) is 6.43. The van der Waals surface area contributed by atoms with E-state index in [-0.39, 0.29) is 0 Å². The van der Waals surface area contributed by atoms with Crippen LogP contribution in [0.5, 0.6) is 0 Å². The molecule has 0 fully saturated rings. The van der Waals surface area contributed by atoms with Crippen LogP contribution in [-0.2, 0) is 4.84 Å². The van der Waals surface area contributed by atoms with Crippen molar-refractivity contribution in [2.24, 2.45) is 5.34 Å². The van der Waals surface area contributed by atoms with E-state index in [9.17, 15) is 4.91 Å². The molecule has 0 aromatic heterocycles. The fourth-order valence-corrected chi connectivity index (χ4v) is 0.487. The summed E-state index contributed by atoms with van der Waals surface area (Å²) in [5.74, 6) is 0.613. The largest absolute Gasteiger partial charge is 0.364 e. The first-order chi connectivity index (χ1) is 3.91. The quantitative estimate of drug-likeness (QED) is 0.250. The van der Waals surface area contributed by atoms with Crippen LogP contribution >= 0.6 is 11.6 Å². The minimum absolute atomic E-state index is 0.385. The first-order valence-electron chi connectivity index (χ1n) is 2.42. The second kappa shape index (κ2) is 6.69. The maximum Gasteiger partial charge on any atom is 0.155 e. The van der Waals surface area contributed by atoms with E-state index in [0.717, 1.165) is 12.8 Å². The molecule has 0 aliphatic carbocycles. The van der Waals surface area contributed by atoms with Gasteiger partial charge in [-0.25, -0.2) is 0 Å². The predicted octanol–water partition coefficient (Wildman–Crippen LogP) is 1.70. The Morgan fingerprint density at radius 1 is 1.50 bits per heavy atom. The zero-order valence-electron chi connectivity index (χ0n) is 4.47. The average molecular weight is 138 g/mol. The van der Waals surface area contributed by atoms with Crippen molar-refractivity contribution in [2.45, 2.75) is 12.8 Å². The Bertz CT molecular complexity index is 60.0. The van der Waals surface area contributed by atoms with Gasteiger partial charge in [0.25, 0.3) is 0 Å². The molecule has 8 heavy (non-hydrogen) atoms. The zero-order valence-corrected chi connectivity index (χ0v) is 5.23. The summed E-state index contributed by atoms with van der Waals surface area (Å²) in [5.41, 5.74) is 0. The lowest BCUT2D eigenvalue weighted by Gasteiger charge is -1.90. The van der Waals surface area contributed by atoms with Crippen LogP contribution in [0, 0.1) is 4.91 Å². The fraction of sp³-hybridized carbons (Fsp3) is 1.00. The normalized spacial score (nSPS) is 8.62. The van der Waals surface area contributed by atoms with E-state index < -0.39 is 0 Å². The van der Waals surface area contributed by atoms with Gasteiger partial charge >= 0.3 is 0 Å². The number of hydrogen-bond donors (Lipinski definition) is 0. The van der Waals surface area contributed by atoms with Gasteiger partial charge in [-0.05, 0) is 12.8 Å². The predicted molar refractivity (Wildman–Crippen MR) is 31.7 cm³/mol. The van der Waals surface area contributed by atoms with E-state index in [1.807, 2.05) is 0 Å². The van der Waals surface area contributed by atoms with Gasteiger partial charge in [-0.15, -0.1) is 16.5 Å². The standard InChI is InChI=1S/C4H8ClNO2/c5-3-1-2-4-8-6-7/h1-4H2. The summed E-state index contributed by atoms with van der Waals surface area (Å²) in [5, 5.41) is 2.21. The molecule has 0 radical (unpaired) electrons. The molecule has 0 N–H and O–H groups in total. The van der Waals surface area contributed by atoms with E-state index in [4.69, 9.17) is 11.6 Å². The number of halogens is 1. The highest BCUT2D eigenvalue weighted by molar-refractivity contribution is 6.17. The lowest BCUT2D eigenvalue weighted by molar-refractivity contribution is 0.137. The third-order valence-corrected chi connectivity index (χ3v) is 0.939. The lowest BCUT2D eigenvalue weighted by atomic mass is 10.4. The summed E-state index contributed by atoms with van der Waals surface area (Å²) in [6, 6.07) is 0. The van der Waals surface area contributed by atoms with E-state index in [1.165, 1.54) is 0 Å². The van der Waals surface area contributed by atoms with Crippen molar-refractivity contribution >= 4 is 11.6 Å². The Morgan fingerprint density at radius 2 is 2.25 bits per heavy atom. The van der Waals surface area contributed by atoms with Crippen molar-refractivity contribution in [1.82, 2.24) is 0 Å². The summed E-state index contributed by atoms with van der Waals surface area (Å²) < 4.78 is 0. The highest BCUT2D eigenvalue weighted by Gasteiger charge is 1.84. The molecule has 0 aromatic carbocycles. The third-order valence-electron chi connectivity index (χ3n) is 0.672. The fourth-order valence-electron chi connectivity index (χ4n) is 0.298. The molecule has 3 nitrogen and oxygen atoms in total. The van der Waals surface area contributed by atoms with Gasteiger partial charge in [0.05, 0.1) is 0 Å². The summed E-state index contributed by atoms with van der Waals surface area (Å²) >= 11 is 5.32. The van der Waals surface area contributed by atoms with Crippen molar-refractivity contribution < 1.29 is 4.84 Å². The van der Waals surface area contributed by atoms with Gasteiger partial charge in [0.15, 0.2) is 5.34 Å². The molecule has 0 spiro atoms. The minimum Gasteiger partial charge on any atom is -0.364 e. The molecule has 0 saturated carbocycles. The lowest BCUT2D eigenvalue weighted by Crippen LogP contribution is -1.86. The van der Waals surface area contributed by atoms with Gasteiger partial charge in [-0.2, -0.15) is 0 Å². The smallest absolute Gasteiger partial charge is 0.155 e. The maximum absolute atomic E-state index is 9.26. The van der Waals surface area contributed by atoms with Crippen molar-refractivity contribution in [3.05, 3.63) is 4.91 Å². The van der Waals surface area contributed by atoms with Gasteiger partial charge in [0, 0.05) is 5.88 Å². The minimum atomic E-state index is 0.385. The van der Waals surface area contributed by atoms with E-state index in [0.29, 0.717) is 12.5 Å². The second-order valence-electron chi connectivity index (χ2n) is 1.30. The van der Waals surface area contributed by atoms with Gasteiger partial charge in [-0.1, -0.05) is 0 Å².